The van der Waals surface area contributed by atoms with E-state index in [1.807, 2.05) is 0 Å². The van der Waals surface area contributed by atoms with Gasteiger partial charge in [0.25, 0.3) is 0 Å². The van der Waals surface area contributed by atoms with Crippen LogP contribution in [-0.2, 0) is 14.3 Å². The predicted octanol–water partition coefficient (Wildman–Crippen LogP) is 1.25. The fourth-order valence-corrected chi connectivity index (χ4v) is 7.77. The van der Waals surface area contributed by atoms with Crippen molar-refractivity contribution in [2.24, 2.45) is 28.6 Å². The minimum atomic E-state index is -1.00. The molecule has 4 bridgehead atoms. The molecule has 4 saturated carbocycles. The number of esters is 1. The second-order valence-electron chi connectivity index (χ2n) is 9.43. The minimum Gasteiger partial charge on any atom is -0.481 e. The number of hydrogen-bond acceptors (Lipinski definition) is 5. The highest BCUT2D eigenvalue weighted by atomic mass is 16.6. The van der Waals surface area contributed by atoms with Gasteiger partial charge in [0, 0.05) is 18.3 Å². The lowest BCUT2D eigenvalue weighted by molar-refractivity contribution is -0.163. The number of ether oxygens (including phenoxy) is 1. The lowest BCUT2D eigenvalue weighted by Gasteiger charge is -2.46. The Morgan fingerprint density at radius 1 is 1.36 bits per heavy atom. The first-order valence-corrected chi connectivity index (χ1v) is 9.14. The van der Waals surface area contributed by atoms with E-state index in [0.29, 0.717) is 37.7 Å². The second-order valence-corrected chi connectivity index (χ2v) is 9.43. The Labute approximate surface area is 145 Å². The lowest BCUT2D eigenvalue weighted by Crippen LogP contribution is -2.51. The van der Waals surface area contributed by atoms with Crippen LogP contribution < -0.4 is 0 Å². The van der Waals surface area contributed by atoms with Gasteiger partial charge in [-0.25, -0.2) is 0 Å². The quantitative estimate of drug-likeness (QED) is 0.487. The highest BCUT2D eigenvalue weighted by Crippen LogP contribution is 2.78. The van der Waals surface area contributed by atoms with E-state index in [9.17, 15) is 24.9 Å². The van der Waals surface area contributed by atoms with Gasteiger partial charge in [0.15, 0.2) is 0 Å². The third kappa shape index (κ3) is 1.48. The van der Waals surface area contributed by atoms with Crippen LogP contribution in [0.4, 0.5) is 0 Å². The number of fused-ring (bicyclic) bond motifs is 1. The van der Waals surface area contributed by atoms with Crippen molar-refractivity contribution >= 4 is 11.9 Å². The van der Waals surface area contributed by atoms with Gasteiger partial charge in [0.05, 0.1) is 23.0 Å². The zero-order chi connectivity index (χ0) is 18.0. The van der Waals surface area contributed by atoms with Crippen molar-refractivity contribution < 1.29 is 29.6 Å². The molecule has 0 aromatic rings. The van der Waals surface area contributed by atoms with Crippen LogP contribution in [0.3, 0.4) is 0 Å². The van der Waals surface area contributed by atoms with Gasteiger partial charge in [-0.05, 0) is 50.0 Å². The van der Waals surface area contributed by atoms with E-state index >= 15 is 0 Å². The molecule has 6 nitrogen and oxygen atoms in total. The van der Waals surface area contributed by atoms with Crippen LogP contribution >= 0.6 is 0 Å². The van der Waals surface area contributed by atoms with E-state index in [-0.39, 0.29) is 18.3 Å². The molecule has 5 aliphatic rings. The first-order valence-electron chi connectivity index (χ1n) is 9.14. The number of carboxylic acid groups (broad SMARTS) is 1. The van der Waals surface area contributed by atoms with Gasteiger partial charge in [-0.1, -0.05) is 6.58 Å². The molecule has 0 unspecified atom stereocenters. The van der Waals surface area contributed by atoms with Crippen LogP contribution in [0.1, 0.15) is 45.4 Å². The molecule has 0 aromatic carbocycles. The van der Waals surface area contributed by atoms with Crippen LogP contribution in [0.2, 0.25) is 0 Å². The number of aliphatic carboxylic acids is 1. The number of carbonyl (C=O) groups excluding carboxylic acids is 1. The number of carboxylic acids is 1. The van der Waals surface area contributed by atoms with Crippen LogP contribution in [-0.4, -0.2) is 44.6 Å². The molecule has 1 spiro atoms. The van der Waals surface area contributed by atoms with Gasteiger partial charge in [-0.2, -0.15) is 0 Å². The van der Waals surface area contributed by atoms with Gasteiger partial charge in [-0.15, -0.1) is 0 Å². The summed E-state index contributed by atoms with van der Waals surface area (Å²) >= 11 is 0. The Balaban J connectivity index is 1.76. The topological polar surface area (TPSA) is 104 Å². The van der Waals surface area contributed by atoms with Crippen LogP contribution in [0, 0.1) is 28.6 Å². The van der Waals surface area contributed by atoms with E-state index in [1.165, 1.54) is 0 Å². The molecule has 1 aliphatic heterocycles. The molecular weight excluding hydrogens is 324 g/mol. The standard InChI is InChI=1S/C19H24O6/c1-9-5-17-8-18(9,24)4-3-11(17)19-7-10(20)6-16(2,15(23)25-19)13(19)12(17)14(21)22/h10-13,20,24H,1,3-8H2,2H3,(H,21,22)/t10-,11+,12+,13+,16-,17-,18-,19+/m0/s1. The maximum Gasteiger partial charge on any atom is 0.312 e. The van der Waals surface area contributed by atoms with E-state index < -0.39 is 45.9 Å². The zero-order valence-corrected chi connectivity index (χ0v) is 14.3. The molecule has 25 heavy (non-hydrogen) atoms. The molecule has 0 radical (unpaired) electrons. The second kappa shape index (κ2) is 4.12. The molecule has 136 valence electrons. The molecule has 4 aliphatic carbocycles. The van der Waals surface area contributed by atoms with Crippen molar-refractivity contribution in [1.29, 1.82) is 0 Å². The van der Waals surface area contributed by atoms with Gasteiger partial charge in [0.2, 0.25) is 0 Å². The normalized spacial score (nSPS) is 58.7. The van der Waals surface area contributed by atoms with E-state index in [4.69, 9.17) is 4.74 Å². The monoisotopic (exact) mass is 348 g/mol. The first kappa shape index (κ1) is 15.8. The molecular formula is C19H24O6. The molecule has 8 atom stereocenters. The average molecular weight is 348 g/mol. The average Bonchev–Trinajstić information content (AvgIpc) is 2.88. The van der Waals surface area contributed by atoms with Crippen molar-refractivity contribution in [2.45, 2.75) is 62.8 Å². The number of hydrogen-bond donors (Lipinski definition) is 3. The summed E-state index contributed by atoms with van der Waals surface area (Å²) in [4.78, 5) is 25.1. The Bertz CT molecular complexity index is 731. The van der Waals surface area contributed by atoms with Crippen molar-refractivity contribution in [3.8, 4) is 0 Å². The van der Waals surface area contributed by atoms with Crippen molar-refractivity contribution in [2.75, 3.05) is 0 Å². The maximum absolute atomic E-state index is 12.7. The summed E-state index contributed by atoms with van der Waals surface area (Å²) in [6.07, 6.45) is 1.85. The Kier molecular flexibility index (Phi) is 2.61. The van der Waals surface area contributed by atoms with Crippen LogP contribution in [0.15, 0.2) is 12.2 Å². The Morgan fingerprint density at radius 2 is 2.08 bits per heavy atom. The van der Waals surface area contributed by atoms with Gasteiger partial charge in [0.1, 0.15) is 5.60 Å². The first-order chi connectivity index (χ1) is 11.6. The summed E-state index contributed by atoms with van der Waals surface area (Å²) in [5.41, 5.74) is -2.82. The zero-order valence-electron chi connectivity index (χ0n) is 14.3. The summed E-state index contributed by atoms with van der Waals surface area (Å²) in [5, 5.41) is 31.6. The summed E-state index contributed by atoms with van der Waals surface area (Å²) in [5.74, 6) is -2.64. The summed E-state index contributed by atoms with van der Waals surface area (Å²) < 4.78 is 5.96. The van der Waals surface area contributed by atoms with Gasteiger partial charge in [-0.3, -0.25) is 9.59 Å². The molecule has 5 rings (SSSR count). The SMILES string of the molecule is C=C1C[C@]23C[C@@]1(O)CC[C@H]2[C@@]12C[C@@H](O)C[C@](C)(C(=O)O1)[C@H]2[C@@H]3C(=O)O. The smallest absolute Gasteiger partial charge is 0.312 e. The minimum absolute atomic E-state index is 0.147. The molecule has 1 heterocycles. The predicted molar refractivity (Wildman–Crippen MR) is 85.3 cm³/mol. The van der Waals surface area contributed by atoms with E-state index in [1.54, 1.807) is 6.92 Å². The van der Waals surface area contributed by atoms with Gasteiger partial charge < -0.3 is 20.1 Å². The number of aliphatic hydroxyl groups excluding tert-OH is 1. The molecule has 1 saturated heterocycles. The van der Waals surface area contributed by atoms with E-state index in [2.05, 4.69) is 6.58 Å². The van der Waals surface area contributed by atoms with E-state index in [0.717, 1.165) is 0 Å². The fraction of sp³-hybridized carbons (Fsp3) is 0.789. The Hall–Kier alpha value is -1.40. The van der Waals surface area contributed by atoms with Crippen molar-refractivity contribution in [3.05, 3.63) is 12.2 Å². The van der Waals surface area contributed by atoms with Crippen LogP contribution in [0.25, 0.3) is 0 Å². The van der Waals surface area contributed by atoms with Gasteiger partial charge >= 0.3 is 11.9 Å². The number of aliphatic hydroxyl groups is 2. The summed E-state index contributed by atoms with van der Waals surface area (Å²) in [7, 11) is 0. The van der Waals surface area contributed by atoms with Crippen molar-refractivity contribution in [3.63, 3.8) is 0 Å². The fourth-order valence-electron chi connectivity index (χ4n) is 7.77. The highest BCUT2D eigenvalue weighted by molar-refractivity contribution is 5.84. The van der Waals surface area contributed by atoms with Crippen LogP contribution in [0.5, 0.6) is 0 Å². The number of rotatable bonds is 1. The molecule has 3 N–H and O–H groups in total. The van der Waals surface area contributed by atoms with Crippen molar-refractivity contribution in [1.82, 2.24) is 0 Å². The molecule has 5 fully saturated rings. The summed E-state index contributed by atoms with van der Waals surface area (Å²) in [6.45, 7) is 5.80. The molecule has 6 heteroatoms. The molecule has 0 amide bonds. The lowest BCUT2D eigenvalue weighted by atomic mass is 9.59. The highest BCUT2D eigenvalue weighted by Gasteiger charge is 2.83. The third-order valence-corrected chi connectivity index (χ3v) is 8.35. The number of carbonyl (C=O) groups is 2. The summed E-state index contributed by atoms with van der Waals surface area (Å²) in [6, 6.07) is 0. The largest absolute Gasteiger partial charge is 0.481 e. The Morgan fingerprint density at radius 3 is 2.76 bits per heavy atom. The maximum atomic E-state index is 12.7. The molecule has 0 aromatic heterocycles. The third-order valence-electron chi connectivity index (χ3n) is 8.35.